The summed E-state index contributed by atoms with van der Waals surface area (Å²) in [5.74, 6) is 0. The van der Waals surface area contributed by atoms with Gasteiger partial charge in [-0.25, -0.2) is 9.98 Å². The Morgan fingerprint density at radius 3 is 1.20 bits per heavy atom. The maximum atomic E-state index is 5.64. The van der Waals surface area contributed by atoms with Crippen LogP contribution in [-0.2, 0) is 0 Å². The molecule has 0 fully saturated rings. The van der Waals surface area contributed by atoms with Crippen molar-refractivity contribution in [3.63, 3.8) is 0 Å². The van der Waals surface area contributed by atoms with Gasteiger partial charge in [-0.15, -0.1) is 0 Å². The van der Waals surface area contributed by atoms with Crippen molar-refractivity contribution in [3.8, 4) is 33.5 Å². The number of para-hydroxylation sites is 1. The van der Waals surface area contributed by atoms with Gasteiger partial charge in [0.05, 0.1) is 22.6 Å². The summed E-state index contributed by atoms with van der Waals surface area (Å²) >= 11 is 0. The lowest BCUT2D eigenvalue weighted by atomic mass is 9.88. The molecule has 0 saturated heterocycles. The second-order valence-corrected chi connectivity index (χ2v) is 17.2. The van der Waals surface area contributed by atoms with E-state index in [4.69, 9.17) is 9.98 Å². The van der Waals surface area contributed by atoms with Crippen molar-refractivity contribution in [3.05, 3.63) is 230 Å². The highest BCUT2D eigenvalue weighted by atomic mass is 14.8. The summed E-state index contributed by atoms with van der Waals surface area (Å²) in [5, 5.41) is 18.6. The van der Waals surface area contributed by atoms with Crippen LogP contribution < -0.4 is 0 Å². The number of aromatic nitrogens is 1. The average Bonchev–Trinajstić information content (AvgIpc) is 3.36. The summed E-state index contributed by atoms with van der Waals surface area (Å²) in [6, 6.07) is 80.1. The molecule has 294 valence electrons. The third-order valence-corrected chi connectivity index (χ3v) is 13.8. The zero-order valence-corrected chi connectivity index (χ0v) is 34.7. The van der Waals surface area contributed by atoms with E-state index in [2.05, 4.69) is 218 Å². The summed E-state index contributed by atoms with van der Waals surface area (Å²) in [6.07, 6.45) is 0. The highest BCUT2D eigenvalue weighted by Crippen LogP contribution is 2.44. The Balaban J connectivity index is 1.02. The van der Waals surface area contributed by atoms with E-state index in [1.807, 2.05) is 0 Å². The average molecular weight is 809 g/mol. The molecule has 2 heteroatoms. The summed E-state index contributed by atoms with van der Waals surface area (Å²) in [6.45, 7) is 0. The van der Waals surface area contributed by atoms with E-state index in [1.165, 1.54) is 86.7 Å². The minimum absolute atomic E-state index is 0.949. The molecule has 13 aromatic rings. The third-order valence-electron chi connectivity index (χ3n) is 13.8. The Morgan fingerprint density at radius 1 is 0.234 bits per heavy atom. The fraction of sp³-hybridized carbons (Fsp3) is 0. The van der Waals surface area contributed by atoms with Gasteiger partial charge in [-0.05, 0) is 123 Å². The Morgan fingerprint density at radius 2 is 0.641 bits per heavy atom. The third kappa shape index (κ3) is 5.14. The molecule has 1 aliphatic rings. The van der Waals surface area contributed by atoms with Gasteiger partial charge >= 0.3 is 0 Å². The van der Waals surface area contributed by atoms with Gasteiger partial charge in [-0.2, -0.15) is 0 Å². The van der Waals surface area contributed by atoms with Crippen molar-refractivity contribution < 1.29 is 0 Å². The van der Waals surface area contributed by atoms with Gasteiger partial charge in [0.1, 0.15) is 0 Å². The molecular formula is C62H36N2. The monoisotopic (exact) mass is 808 g/mol. The number of benzene rings is 12. The van der Waals surface area contributed by atoms with Crippen molar-refractivity contribution in [1.29, 1.82) is 0 Å². The first kappa shape index (κ1) is 35.2. The first-order valence-electron chi connectivity index (χ1n) is 22.1. The van der Waals surface area contributed by atoms with Crippen LogP contribution in [0.2, 0.25) is 0 Å². The molecule has 0 bridgehead atoms. The van der Waals surface area contributed by atoms with E-state index in [0.29, 0.717) is 0 Å². The largest absolute Gasteiger partial charge is 0.247 e. The summed E-state index contributed by atoms with van der Waals surface area (Å²) < 4.78 is 0. The van der Waals surface area contributed by atoms with E-state index in [0.717, 1.165) is 55.6 Å². The van der Waals surface area contributed by atoms with Crippen molar-refractivity contribution in [2.24, 2.45) is 4.99 Å². The van der Waals surface area contributed by atoms with Crippen LogP contribution in [-0.4, -0.2) is 10.7 Å². The standard InChI is InChI=1S/C62H36N2/c1-3-17-45-41(13-1)43-15-5-7-19-47(43)56-33-39(29-31-50(45)56)54-35-58-55(37-25-27-38(28-26-37)61-53-23-11-12-24-59(53)63-61)36-60(64-62(58)52-22-10-9-21-49(52)54)40-30-32-51-46-18-4-2-14-42(46)44-16-6-8-20-48(44)57(51)34-40/h1-36H. The van der Waals surface area contributed by atoms with Crippen molar-refractivity contribution in [2.45, 2.75) is 0 Å². The topological polar surface area (TPSA) is 25.2 Å². The number of hydrogen-bond donors (Lipinski definition) is 0. The minimum Gasteiger partial charge on any atom is -0.247 e. The number of aliphatic imine (C=N–C) groups is 1. The molecule has 12 aromatic carbocycles. The highest BCUT2D eigenvalue weighted by molar-refractivity contribution is 6.28. The fourth-order valence-corrected chi connectivity index (χ4v) is 10.7. The number of rotatable bonds is 4. The molecule has 1 aromatic heterocycles. The molecule has 2 nitrogen and oxygen atoms in total. The maximum Gasteiger partial charge on any atom is 0.0803 e. The van der Waals surface area contributed by atoms with Gasteiger partial charge < -0.3 is 0 Å². The predicted octanol–water partition coefficient (Wildman–Crippen LogP) is 16.8. The molecule has 0 aliphatic carbocycles. The quantitative estimate of drug-likeness (QED) is 0.163. The van der Waals surface area contributed by atoms with Crippen LogP contribution in [0.15, 0.2) is 223 Å². The second kappa shape index (κ2) is 13.5. The van der Waals surface area contributed by atoms with E-state index < -0.39 is 0 Å². The predicted molar refractivity (Wildman–Crippen MR) is 272 cm³/mol. The van der Waals surface area contributed by atoms with Crippen molar-refractivity contribution >= 4 is 97.7 Å². The lowest BCUT2D eigenvalue weighted by molar-refractivity contribution is 1.39. The Bertz CT molecular complexity index is 4110. The number of fused-ring (bicyclic) bond motifs is 16. The molecule has 0 saturated carbocycles. The van der Waals surface area contributed by atoms with E-state index >= 15 is 0 Å². The normalized spacial score (nSPS) is 12.5. The van der Waals surface area contributed by atoms with Gasteiger partial charge in [0.25, 0.3) is 0 Å². The zero-order chi connectivity index (χ0) is 41.9. The minimum atomic E-state index is 0.949. The van der Waals surface area contributed by atoms with Gasteiger partial charge in [0.15, 0.2) is 0 Å². The Hall–Kier alpha value is -8.46. The van der Waals surface area contributed by atoms with E-state index in [9.17, 15) is 0 Å². The van der Waals surface area contributed by atoms with Gasteiger partial charge in [-0.1, -0.05) is 188 Å². The molecule has 14 rings (SSSR count). The van der Waals surface area contributed by atoms with Gasteiger partial charge in [-0.3, -0.25) is 0 Å². The first-order valence-corrected chi connectivity index (χ1v) is 22.1. The van der Waals surface area contributed by atoms with E-state index in [1.54, 1.807) is 0 Å². The van der Waals surface area contributed by atoms with Crippen molar-refractivity contribution in [2.75, 3.05) is 0 Å². The van der Waals surface area contributed by atoms with Gasteiger partial charge in [0, 0.05) is 27.5 Å². The van der Waals surface area contributed by atoms with Crippen LogP contribution in [0.3, 0.4) is 0 Å². The van der Waals surface area contributed by atoms with Gasteiger partial charge in [0.2, 0.25) is 0 Å². The summed E-state index contributed by atoms with van der Waals surface area (Å²) in [7, 11) is 0. The molecule has 1 aliphatic heterocycles. The van der Waals surface area contributed by atoms with Crippen molar-refractivity contribution in [1.82, 2.24) is 4.98 Å². The number of pyridine rings is 1. The van der Waals surface area contributed by atoms with Crippen LogP contribution in [0.25, 0.3) is 120 Å². The molecule has 0 N–H and O–H groups in total. The van der Waals surface area contributed by atoms with Crippen LogP contribution in [0.4, 0.5) is 5.69 Å². The highest BCUT2D eigenvalue weighted by Gasteiger charge is 2.21. The SMILES string of the molecule is c1ccc2c(c1)N=C2c1ccc(-c2cc(-c3ccc4c5ccccc5c5ccccc5c4c3)nc3c2cc(-c2ccc4c5ccccc5c5ccccc5c4c2)c2ccccc23)cc1. The molecule has 0 atom stereocenters. The molecule has 0 spiro atoms. The molecule has 2 heterocycles. The molecular weight excluding hydrogens is 773 g/mol. The van der Waals surface area contributed by atoms with Crippen LogP contribution in [0.5, 0.6) is 0 Å². The fourth-order valence-electron chi connectivity index (χ4n) is 10.7. The summed E-state index contributed by atoms with van der Waals surface area (Å²) in [5.41, 5.74) is 12.1. The first-order chi connectivity index (χ1) is 31.7. The summed E-state index contributed by atoms with van der Waals surface area (Å²) in [4.78, 5) is 10.5. The number of nitrogens with zero attached hydrogens (tertiary/aromatic N) is 2. The smallest absolute Gasteiger partial charge is 0.0803 e. The zero-order valence-electron chi connectivity index (χ0n) is 34.7. The van der Waals surface area contributed by atoms with Crippen LogP contribution >= 0.6 is 0 Å². The number of hydrogen-bond acceptors (Lipinski definition) is 2. The molecule has 0 radical (unpaired) electrons. The maximum absolute atomic E-state index is 5.64. The Kier molecular flexibility index (Phi) is 7.43. The molecule has 0 unspecified atom stereocenters. The second-order valence-electron chi connectivity index (χ2n) is 17.2. The van der Waals surface area contributed by atoms with Crippen LogP contribution in [0.1, 0.15) is 11.1 Å². The lowest BCUT2D eigenvalue weighted by Crippen LogP contribution is -2.10. The molecule has 0 amide bonds. The molecule has 64 heavy (non-hydrogen) atoms. The van der Waals surface area contributed by atoms with Crippen LogP contribution in [0, 0.1) is 0 Å². The van der Waals surface area contributed by atoms with E-state index in [-0.39, 0.29) is 0 Å². The lowest BCUT2D eigenvalue weighted by Gasteiger charge is -2.19. The Labute approximate surface area is 369 Å².